The number of hydrogen-bond donors (Lipinski definition) is 3. The molecule has 0 radical (unpaired) electrons. The van der Waals surface area contributed by atoms with Crippen LogP contribution in [0.5, 0.6) is 0 Å². The molecule has 0 aliphatic rings. The molecule has 0 aliphatic carbocycles. The normalized spacial score (nSPS) is 4.93. The van der Waals surface area contributed by atoms with Crippen molar-refractivity contribution in [1.29, 1.82) is 5.46 Å². The minimum absolute atomic E-state index is 0. The van der Waals surface area contributed by atoms with Crippen LogP contribution in [0, 0.1) is 35.8 Å². The Labute approximate surface area is 91.7 Å². The molecule has 0 atom stereocenters. The van der Waals surface area contributed by atoms with Crippen molar-refractivity contribution in [2.24, 2.45) is 0 Å². The zero-order chi connectivity index (χ0) is 12.7. The van der Waals surface area contributed by atoms with Crippen molar-refractivity contribution < 1.29 is 55.1 Å². The molecular formula is H3N4O10Ru+. The first-order valence-corrected chi connectivity index (χ1v) is 1.88. The maximum absolute atomic E-state index is 8.36. The zero-order valence-corrected chi connectivity index (χ0v) is 8.08. The molecule has 0 saturated heterocycles. The van der Waals surface area contributed by atoms with Crippen LogP contribution in [0.2, 0.25) is 0 Å². The van der Waals surface area contributed by atoms with Gasteiger partial charge >= 0.3 is 10.2 Å². The van der Waals surface area contributed by atoms with Crippen molar-refractivity contribution >= 4 is 0 Å². The second-order valence-corrected chi connectivity index (χ2v) is 0.714. The smallest absolute Gasteiger partial charge is 0.291 e. The average molecular weight is 320 g/mol. The predicted octanol–water partition coefficient (Wildman–Crippen LogP) is -1.15. The first kappa shape index (κ1) is 29.3. The molecule has 15 heteroatoms. The first-order valence-electron chi connectivity index (χ1n) is 1.88. The number of nitrogens with zero attached hydrogens (tertiary/aromatic N) is 4. The molecule has 0 aliphatic heterocycles. The van der Waals surface area contributed by atoms with E-state index >= 15 is 0 Å². The molecule has 0 heterocycles. The van der Waals surface area contributed by atoms with E-state index in [0.717, 1.165) is 0 Å². The molecule has 0 aromatic heterocycles. The Morgan fingerprint density at radius 3 is 0.800 bits per heavy atom. The Hall–Kier alpha value is -2.11. The summed E-state index contributed by atoms with van der Waals surface area (Å²) in [7, 11) is 0. The standard InChI is InChI=1S/3HNO3.NO.Ru/c3*2-1(3)4;1-2;/h3*(H,2,3,4);;/q;;;+1;. The van der Waals surface area contributed by atoms with Gasteiger partial charge in [-0.3, -0.25) is 0 Å². The minimum Gasteiger partial charge on any atom is -0.328 e. The summed E-state index contributed by atoms with van der Waals surface area (Å²) < 4.78 is 7.25. The summed E-state index contributed by atoms with van der Waals surface area (Å²) >= 11 is 0. The van der Waals surface area contributed by atoms with Crippen LogP contribution < -0.4 is 0 Å². The fraction of sp³-hybridized carbons (Fsp3) is 0. The van der Waals surface area contributed by atoms with Crippen LogP contribution in [0.4, 0.5) is 0 Å². The summed E-state index contributed by atoms with van der Waals surface area (Å²) in [6.07, 6.45) is 0. The summed E-state index contributed by atoms with van der Waals surface area (Å²) in [5.41, 5.74) is 5.75. The molecule has 0 fully saturated rings. The quantitative estimate of drug-likeness (QED) is 0.209. The first-order chi connectivity index (χ1) is 6.20. The van der Waals surface area contributed by atoms with Crippen LogP contribution in [0.15, 0.2) is 0 Å². The Kier molecular flexibility index (Phi) is 58.0. The van der Waals surface area contributed by atoms with Crippen molar-refractivity contribution in [3.63, 3.8) is 0 Å². The van der Waals surface area contributed by atoms with Gasteiger partial charge in [-0.15, -0.1) is 30.3 Å². The molecular weight excluding hydrogens is 317 g/mol. The van der Waals surface area contributed by atoms with Gasteiger partial charge in [-0.25, -0.2) is 0 Å². The maximum atomic E-state index is 8.36. The van der Waals surface area contributed by atoms with E-state index < -0.39 is 15.3 Å². The van der Waals surface area contributed by atoms with Gasteiger partial charge < -0.3 is 15.6 Å². The fourth-order valence-electron chi connectivity index (χ4n) is 0. The molecule has 14 nitrogen and oxygen atoms in total. The third-order valence-electron chi connectivity index (χ3n) is 0. The summed E-state index contributed by atoms with van der Waals surface area (Å²) in [5.74, 6) is 0. The largest absolute Gasteiger partial charge is 0.328 e. The summed E-state index contributed by atoms with van der Waals surface area (Å²) in [4.78, 5) is 25.1. The molecule has 0 bridgehead atoms. The fourth-order valence-corrected chi connectivity index (χ4v) is 0. The van der Waals surface area contributed by atoms with E-state index in [1.165, 1.54) is 0 Å². The van der Waals surface area contributed by atoms with Crippen LogP contribution in [0.3, 0.4) is 0 Å². The van der Waals surface area contributed by atoms with Crippen LogP contribution >= 0.6 is 0 Å². The van der Waals surface area contributed by atoms with Crippen molar-refractivity contribution in [3.05, 3.63) is 30.3 Å². The summed E-state index contributed by atoms with van der Waals surface area (Å²) in [6, 6.07) is 0. The van der Waals surface area contributed by atoms with Gasteiger partial charge in [-0.1, -0.05) is 0 Å². The van der Waals surface area contributed by atoms with Gasteiger partial charge in [-0.05, 0) is 0 Å². The molecule has 0 aromatic rings. The molecule has 0 unspecified atom stereocenters. The van der Waals surface area contributed by atoms with Crippen molar-refractivity contribution in [2.75, 3.05) is 0 Å². The molecule has 0 aromatic carbocycles. The van der Waals surface area contributed by atoms with E-state index in [0.29, 0.717) is 0 Å². The predicted molar refractivity (Wildman–Crippen MR) is 28.8 cm³/mol. The van der Waals surface area contributed by atoms with E-state index in [1.807, 2.05) is 0 Å². The SMILES string of the molecule is N#[O+].O=[N+]([O-])O.O=[N+]([O-])O.O=[N+]([O-])O.[Ru]. The van der Waals surface area contributed by atoms with Gasteiger partial charge in [0.05, 0.1) is 0 Å². The number of hydrogen-bond acceptors (Lipinski definition) is 7. The Balaban J connectivity index is -0.0000000298. The summed E-state index contributed by atoms with van der Waals surface area (Å²) in [5, 5.41) is 40.9. The minimum atomic E-state index is -1.50. The molecule has 3 N–H and O–H groups in total. The molecule has 0 spiro atoms. The molecule has 0 amide bonds. The Morgan fingerprint density at radius 1 is 0.800 bits per heavy atom. The van der Waals surface area contributed by atoms with E-state index in [4.69, 9.17) is 56.2 Å². The number of rotatable bonds is 0. The van der Waals surface area contributed by atoms with E-state index in [1.54, 1.807) is 0 Å². The van der Waals surface area contributed by atoms with Gasteiger partial charge in [0, 0.05) is 19.5 Å². The van der Waals surface area contributed by atoms with Crippen LogP contribution in [-0.2, 0) is 24.3 Å². The Bertz CT molecular complexity index is 145. The van der Waals surface area contributed by atoms with Gasteiger partial charge in [0.1, 0.15) is 0 Å². The maximum Gasteiger partial charge on any atom is 0.291 e. The van der Waals surface area contributed by atoms with Crippen LogP contribution in [-0.4, -0.2) is 30.9 Å². The van der Waals surface area contributed by atoms with E-state index in [2.05, 4.69) is 0 Å². The van der Waals surface area contributed by atoms with Crippen LogP contribution in [0.1, 0.15) is 0 Å². The third kappa shape index (κ3) is 262. The van der Waals surface area contributed by atoms with Crippen molar-refractivity contribution in [3.8, 4) is 0 Å². The Morgan fingerprint density at radius 2 is 0.800 bits per heavy atom. The third-order valence-corrected chi connectivity index (χ3v) is 0. The van der Waals surface area contributed by atoms with Gasteiger partial charge in [0.15, 0.2) is 0 Å². The second-order valence-electron chi connectivity index (χ2n) is 0.714. The van der Waals surface area contributed by atoms with Crippen molar-refractivity contribution in [1.82, 2.24) is 0 Å². The van der Waals surface area contributed by atoms with Gasteiger partial charge in [0.2, 0.25) is 0 Å². The summed E-state index contributed by atoms with van der Waals surface area (Å²) in [6.45, 7) is 0. The van der Waals surface area contributed by atoms with E-state index in [9.17, 15) is 0 Å². The molecule has 0 saturated carbocycles. The molecule has 90 valence electrons. The van der Waals surface area contributed by atoms with Gasteiger partial charge in [-0.2, -0.15) is 0 Å². The van der Waals surface area contributed by atoms with E-state index in [-0.39, 0.29) is 19.5 Å². The van der Waals surface area contributed by atoms with Crippen molar-refractivity contribution in [2.45, 2.75) is 0 Å². The second kappa shape index (κ2) is 29.7. The van der Waals surface area contributed by atoms with Crippen LogP contribution in [0.25, 0.3) is 0 Å². The molecule has 0 rings (SSSR count). The van der Waals surface area contributed by atoms with Gasteiger partial charge in [0.25, 0.3) is 15.3 Å². The topological polar surface area (TPSA) is 234 Å². The monoisotopic (exact) mass is 321 g/mol. The average Bonchev–Trinajstić information content (AvgIpc) is 1.86. The molecule has 15 heavy (non-hydrogen) atoms. The zero-order valence-electron chi connectivity index (χ0n) is 6.34.